The zero-order valence-electron chi connectivity index (χ0n) is 10.5. The Labute approximate surface area is 109 Å². The van der Waals surface area contributed by atoms with Crippen LogP contribution in [0.25, 0.3) is 0 Å². The number of nitrogens with two attached hydrogens (primary N) is 1. The fraction of sp³-hybridized carbons (Fsp3) is 0.545. The molecule has 1 aliphatic heterocycles. The van der Waals surface area contributed by atoms with E-state index in [1.165, 1.54) is 0 Å². The van der Waals surface area contributed by atoms with Crippen LogP contribution in [-0.4, -0.2) is 37.5 Å². The number of rotatable bonds is 5. The van der Waals surface area contributed by atoms with Crippen molar-refractivity contribution in [1.82, 2.24) is 4.98 Å². The molecule has 0 aliphatic carbocycles. The van der Waals surface area contributed by atoms with Gasteiger partial charge < -0.3 is 20.2 Å². The van der Waals surface area contributed by atoms with Crippen LogP contribution in [0.15, 0.2) is 6.07 Å². The number of halogens is 2. The number of aromatic nitrogens is 1. The number of nitrogens with one attached hydrogen (secondary N) is 2. The van der Waals surface area contributed by atoms with Crippen LogP contribution in [0.4, 0.5) is 20.4 Å². The molecule has 2 heterocycles. The number of anilines is 2. The Morgan fingerprint density at radius 2 is 2.21 bits per heavy atom. The van der Waals surface area contributed by atoms with Crippen LogP contribution >= 0.6 is 0 Å². The average Bonchev–Trinajstić information content (AvgIpc) is 2.87. The van der Waals surface area contributed by atoms with E-state index in [4.69, 9.17) is 15.3 Å². The minimum absolute atomic E-state index is 0.0855. The molecule has 0 saturated carbocycles. The van der Waals surface area contributed by atoms with Crippen LogP contribution in [0.2, 0.25) is 0 Å². The molecule has 2 rings (SSSR count). The standard InChI is InChI=1S/C11H16F2N4O2/c1-18-11(2-3-19-6-11)5-15-9-7(12)4-8(13)10(16-9)17-14/h4H,2-3,5-6,14H2,1H3,(H2,15,16,17). The van der Waals surface area contributed by atoms with Gasteiger partial charge in [-0.1, -0.05) is 0 Å². The Hall–Kier alpha value is -1.51. The van der Waals surface area contributed by atoms with Crippen LogP contribution in [0, 0.1) is 11.6 Å². The molecule has 6 nitrogen and oxygen atoms in total. The maximum atomic E-state index is 13.6. The van der Waals surface area contributed by atoms with Gasteiger partial charge in [0.15, 0.2) is 23.3 Å². The van der Waals surface area contributed by atoms with Gasteiger partial charge in [0.1, 0.15) is 5.60 Å². The first-order valence-electron chi connectivity index (χ1n) is 5.80. The van der Waals surface area contributed by atoms with Gasteiger partial charge in [-0.2, -0.15) is 0 Å². The van der Waals surface area contributed by atoms with Crippen LogP contribution in [0.5, 0.6) is 0 Å². The molecule has 0 aromatic carbocycles. The van der Waals surface area contributed by atoms with Gasteiger partial charge in [-0.15, -0.1) is 0 Å². The van der Waals surface area contributed by atoms with Gasteiger partial charge in [-0.3, -0.25) is 0 Å². The summed E-state index contributed by atoms with van der Waals surface area (Å²) in [6.45, 7) is 1.31. The van der Waals surface area contributed by atoms with E-state index >= 15 is 0 Å². The smallest absolute Gasteiger partial charge is 0.178 e. The summed E-state index contributed by atoms with van der Waals surface area (Å²) in [6, 6.07) is 0.717. The highest BCUT2D eigenvalue weighted by Crippen LogP contribution is 2.24. The Kier molecular flexibility index (Phi) is 4.13. The summed E-state index contributed by atoms with van der Waals surface area (Å²) in [5.74, 6) is 3.14. The summed E-state index contributed by atoms with van der Waals surface area (Å²) in [7, 11) is 1.57. The van der Waals surface area contributed by atoms with Crippen LogP contribution < -0.4 is 16.6 Å². The third kappa shape index (κ3) is 2.91. The minimum Gasteiger partial charge on any atom is -0.378 e. The van der Waals surface area contributed by atoms with E-state index in [0.717, 1.165) is 6.07 Å². The molecule has 0 spiro atoms. The normalized spacial score (nSPS) is 22.5. The molecule has 0 amide bonds. The monoisotopic (exact) mass is 274 g/mol. The molecule has 1 unspecified atom stereocenters. The molecule has 4 N–H and O–H groups in total. The van der Waals surface area contributed by atoms with Crippen molar-refractivity contribution in [3.05, 3.63) is 17.7 Å². The fourth-order valence-electron chi connectivity index (χ4n) is 1.90. The van der Waals surface area contributed by atoms with Crippen molar-refractivity contribution in [1.29, 1.82) is 0 Å². The number of ether oxygens (including phenoxy) is 2. The molecule has 8 heteroatoms. The molecule has 1 aromatic rings. The molecule has 106 valence electrons. The summed E-state index contributed by atoms with van der Waals surface area (Å²) in [4.78, 5) is 3.72. The number of hydrogen-bond acceptors (Lipinski definition) is 6. The van der Waals surface area contributed by atoms with E-state index in [0.29, 0.717) is 26.2 Å². The number of pyridine rings is 1. The molecule has 0 bridgehead atoms. The van der Waals surface area contributed by atoms with E-state index < -0.39 is 17.2 Å². The summed E-state index contributed by atoms with van der Waals surface area (Å²) < 4.78 is 37.4. The lowest BCUT2D eigenvalue weighted by atomic mass is 10.0. The van der Waals surface area contributed by atoms with E-state index in [2.05, 4.69) is 15.7 Å². The van der Waals surface area contributed by atoms with Crippen LogP contribution in [-0.2, 0) is 9.47 Å². The molecule has 1 aliphatic rings. The first-order valence-corrected chi connectivity index (χ1v) is 5.80. The van der Waals surface area contributed by atoms with Gasteiger partial charge in [0, 0.05) is 32.7 Å². The molecule has 19 heavy (non-hydrogen) atoms. The number of hydrogen-bond donors (Lipinski definition) is 3. The highest BCUT2D eigenvalue weighted by Gasteiger charge is 2.35. The lowest BCUT2D eigenvalue weighted by Crippen LogP contribution is -2.40. The SMILES string of the molecule is COC1(CNc2nc(NN)c(F)cc2F)CCOC1. The maximum absolute atomic E-state index is 13.6. The Balaban J connectivity index is 2.10. The second-order valence-corrected chi connectivity index (χ2v) is 4.34. The lowest BCUT2D eigenvalue weighted by Gasteiger charge is -2.26. The zero-order valence-corrected chi connectivity index (χ0v) is 10.5. The van der Waals surface area contributed by atoms with Gasteiger partial charge in [-0.05, 0) is 0 Å². The number of nitrogen functional groups attached to an aromatic ring is 1. The van der Waals surface area contributed by atoms with Crippen LogP contribution in [0.3, 0.4) is 0 Å². The highest BCUT2D eigenvalue weighted by atomic mass is 19.1. The first kappa shape index (κ1) is 13.9. The van der Waals surface area contributed by atoms with Gasteiger partial charge in [0.25, 0.3) is 0 Å². The Morgan fingerprint density at radius 1 is 1.47 bits per heavy atom. The quantitative estimate of drug-likeness (QED) is 0.546. The summed E-state index contributed by atoms with van der Waals surface area (Å²) in [6.07, 6.45) is 0.696. The van der Waals surface area contributed by atoms with Gasteiger partial charge >= 0.3 is 0 Å². The number of methoxy groups -OCH3 is 1. The Morgan fingerprint density at radius 3 is 2.79 bits per heavy atom. The largest absolute Gasteiger partial charge is 0.378 e. The molecule has 1 atom stereocenters. The highest BCUT2D eigenvalue weighted by molar-refractivity contribution is 5.47. The summed E-state index contributed by atoms with van der Waals surface area (Å²) in [5, 5.41) is 2.80. The van der Waals surface area contributed by atoms with E-state index in [-0.39, 0.29) is 11.6 Å². The van der Waals surface area contributed by atoms with Crippen molar-refractivity contribution in [2.24, 2.45) is 5.84 Å². The zero-order chi connectivity index (χ0) is 13.9. The third-order valence-electron chi connectivity index (χ3n) is 3.14. The molecular formula is C11H16F2N4O2. The van der Waals surface area contributed by atoms with E-state index in [1.807, 2.05) is 0 Å². The van der Waals surface area contributed by atoms with E-state index in [1.54, 1.807) is 7.11 Å². The average molecular weight is 274 g/mol. The van der Waals surface area contributed by atoms with Crippen molar-refractivity contribution in [2.75, 3.05) is 37.6 Å². The molecule has 1 saturated heterocycles. The molecular weight excluding hydrogens is 258 g/mol. The van der Waals surface area contributed by atoms with Crippen LogP contribution in [0.1, 0.15) is 6.42 Å². The second-order valence-electron chi connectivity index (χ2n) is 4.34. The minimum atomic E-state index is -0.851. The second kappa shape index (κ2) is 5.64. The molecule has 1 fully saturated rings. The van der Waals surface area contributed by atoms with E-state index in [9.17, 15) is 8.78 Å². The third-order valence-corrected chi connectivity index (χ3v) is 3.14. The predicted octanol–water partition coefficient (Wildman–Crippen LogP) is 0.863. The number of nitrogens with zero attached hydrogens (tertiary/aromatic N) is 1. The molecule has 0 radical (unpaired) electrons. The maximum Gasteiger partial charge on any atom is 0.178 e. The number of hydrazine groups is 1. The van der Waals surface area contributed by atoms with Crippen molar-refractivity contribution in [3.8, 4) is 0 Å². The van der Waals surface area contributed by atoms with Crippen molar-refractivity contribution in [3.63, 3.8) is 0 Å². The molecule has 1 aromatic heterocycles. The summed E-state index contributed by atoms with van der Waals surface area (Å²) >= 11 is 0. The predicted molar refractivity (Wildman–Crippen MR) is 65.6 cm³/mol. The van der Waals surface area contributed by atoms with Crippen molar-refractivity contribution >= 4 is 11.6 Å². The fourth-order valence-corrected chi connectivity index (χ4v) is 1.90. The summed E-state index contributed by atoms with van der Waals surface area (Å²) in [5.41, 5.74) is 1.55. The lowest BCUT2D eigenvalue weighted by molar-refractivity contribution is -0.00629. The first-order chi connectivity index (χ1) is 9.10. The van der Waals surface area contributed by atoms with Gasteiger partial charge in [0.05, 0.1) is 6.61 Å². The van der Waals surface area contributed by atoms with Crippen molar-refractivity contribution < 1.29 is 18.3 Å². The Bertz CT molecular complexity index is 453. The van der Waals surface area contributed by atoms with Gasteiger partial charge in [-0.25, -0.2) is 19.6 Å². The topological polar surface area (TPSA) is 81.4 Å². The van der Waals surface area contributed by atoms with Gasteiger partial charge in [0.2, 0.25) is 0 Å². The van der Waals surface area contributed by atoms with Crippen molar-refractivity contribution in [2.45, 2.75) is 12.0 Å².